The fourth-order valence-electron chi connectivity index (χ4n) is 8.25. The first kappa shape index (κ1) is 61.8. The van der Waals surface area contributed by atoms with Crippen LogP contribution in [0.1, 0.15) is 284 Å². The highest BCUT2D eigenvalue weighted by atomic mass is 16.5. The fraction of sp³-hybridized carbons (Fsp3) is 0.828. The normalized spacial score (nSPS) is 13.0. The molecule has 0 aliphatic carbocycles. The van der Waals surface area contributed by atoms with Gasteiger partial charge in [0.2, 0.25) is 5.91 Å². The minimum atomic E-state index is -0.856. The molecule has 0 saturated heterocycles. The van der Waals surface area contributed by atoms with E-state index < -0.39 is 12.1 Å². The van der Waals surface area contributed by atoms with Crippen LogP contribution in [0.3, 0.4) is 0 Å². The van der Waals surface area contributed by atoms with Crippen molar-refractivity contribution in [3.63, 3.8) is 0 Å². The summed E-state index contributed by atoms with van der Waals surface area (Å²) in [5, 5.41) is 23.1. The molecule has 0 aromatic rings. The lowest BCUT2D eigenvalue weighted by atomic mass is 10.0. The summed E-state index contributed by atoms with van der Waals surface area (Å²) in [7, 11) is 0. The van der Waals surface area contributed by atoms with Crippen molar-refractivity contribution in [3.05, 3.63) is 48.6 Å². The molecule has 2 unspecified atom stereocenters. The summed E-state index contributed by atoms with van der Waals surface area (Å²) in [5.41, 5.74) is 0. The summed E-state index contributed by atoms with van der Waals surface area (Å²) in [6, 6.07) is -0.641. The second-order valence-corrected chi connectivity index (χ2v) is 18.9. The molecule has 0 aliphatic heterocycles. The summed E-state index contributed by atoms with van der Waals surface area (Å²) in [4.78, 5) is 24.5. The Bertz CT molecular complexity index is 1080. The van der Waals surface area contributed by atoms with Gasteiger partial charge in [0, 0.05) is 12.8 Å². The van der Waals surface area contributed by atoms with E-state index in [2.05, 4.69) is 55.6 Å². The van der Waals surface area contributed by atoms with Gasteiger partial charge in [-0.05, 0) is 96.3 Å². The van der Waals surface area contributed by atoms with Gasteiger partial charge in [0.25, 0.3) is 0 Å². The Morgan fingerprint density at radius 3 is 1.20 bits per heavy atom. The lowest BCUT2D eigenvalue weighted by Crippen LogP contribution is -2.45. The van der Waals surface area contributed by atoms with Gasteiger partial charge in [-0.1, -0.05) is 223 Å². The summed E-state index contributed by atoms with van der Waals surface area (Å²) in [6.45, 7) is 4.85. The van der Waals surface area contributed by atoms with Crippen LogP contribution in [0, 0.1) is 0 Å². The summed E-state index contributed by atoms with van der Waals surface area (Å²) in [6.07, 6.45) is 66.9. The van der Waals surface area contributed by atoms with Crippen LogP contribution in [-0.4, -0.2) is 47.4 Å². The second kappa shape index (κ2) is 53.4. The molecule has 3 N–H and O–H groups in total. The zero-order valence-electron chi connectivity index (χ0n) is 42.5. The van der Waals surface area contributed by atoms with E-state index in [1.165, 1.54) is 173 Å². The van der Waals surface area contributed by atoms with Crippen LogP contribution in [-0.2, 0) is 14.3 Å². The number of unbranched alkanes of at least 4 members (excludes halogenated alkanes) is 34. The number of aliphatic hydroxyl groups is 2. The number of aliphatic hydroxyl groups excluding tert-OH is 2. The van der Waals surface area contributed by atoms with E-state index in [1.54, 1.807) is 6.08 Å². The molecule has 0 saturated carbocycles. The number of carbonyl (C=O) groups is 2. The molecule has 0 rings (SSSR count). The van der Waals surface area contributed by atoms with Crippen LogP contribution in [0.5, 0.6) is 0 Å². The minimum Gasteiger partial charge on any atom is -0.466 e. The molecule has 0 heterocycles. The van der Waals surface area contributed by atoms with Crippen LogP contribution in [0.15, 0.2) is 48.6 Å². The fourth-order valence-corrected chi connectivity index (χ4v) is 8.25. The maximum Gasteiger partial charge on any atom is 0.305 e. The second-order valence-electron chi connectivity index (χ2n) is 18.9. The molecule has 0 bridgehead atoms. The predicted octanol–water partition coefficient (Wildman–Crippen LogP) is 17.0. The number of esters is 1. The highest BCUT2D eigenvalue weighted by molar-refractivity contribution is 5.76. The van der Waals surface area contributed by atoms with E-state index in [-0.39, 0.29) is 18.5 Å². The minimum absolute atomic E-state index is 0.0249. The molecule has 6 nitrogen and oxygen atoms in total. The molecule has 6 heteroatoms. The van der Waals surface area contributed by atoms with Crippen molar-refractivity contribution < 1.29 is 24.5 Å². The predicted molar refractivity (Wildman–Crippen MR) is 278 cm³/mol. The zero-order valence-corrected chi connectivity index (χ0v) is 42.5. The number of nitrogens with one attached hydrogen (secondary N) is 1. The van der Waals surface area contributed by atoms with Crippen molar-refractivity contribution in [1.82, 2.24) is 5.32 Å². The largest absolute Gasteiger partial charge is 0.466 e. The summed E-state index contributed by atoms with van der Waals surface area (Å²) < 4.78 is 5.45. The first-order chi connectivity index (χ1) is 31.5. The van der Waals surface area contributed by atoms with Gasteiger partial charge in [0.05, 0.1) is 25.4 Å². The maximum atomic E-state index is 12.4. The Morgan fingerprint density at radius 1 is 0.438 bits per heavy atom. The molecule has 0 aliphatic rings. The SMILES string of the molecule is CCCCCCCC/C=C\CCCCCCCC(=O)OCCCCC/C=C\C/C=C\CCCCCCCCCC(=O)NC(CO)C(O)/C=C/CCCCCCCCCCCCCCC. The molecule has 2 atom stereocenters. The molecule has 0 aromatic carbocycles. The number of allylic oxidation sites excluding steroid dienone is 7. The lowest BCUT2D eigenvalue weighted by Gasteiger charge is -2.20. The van der Waals surface area contributed by atoms with E-state index in [9.17, 15) is 19.8 Å². The van der Waals surface area contributed by atoms with Gasteiger partial charge in [-0.2, -0.15) is 0 Å². The molecule has 64 heavy (non-hydrogen) atoms. The van der Waals surface area contributed by atoms with Crippen molar-refractivity contribution in [2.75, 3.05) is 13.2 Å². The first-order valence-electron chi connectivity index (χ1n) is 27.9. The third-order valence-electron chi connectivity index (χ3n) is 12.6. The number of carbonyl (C=O) groups excluding carboxylic acids is 2. The van der Waals surface area contributed by atoms with Gasteiger partial charge in [-0.15, -0.1) is 0 Å². The highest BCUT2D eigenvalue weighted by Crippen LogP contribution is 2.15. The van der Waals surface area contributed by atoms with Crippen LogP contribution in [0.25, 0.3) is 0 Å². The zero-order chi connectivity index (χ0) is 46.5. The summed E-state index contributed by atoms with van der Waals surface area (Å²) >= 11 is 0. The number of ether oxygens (including phenoxy) is 1. The molecular formula is C58H107NO5. The number of amides is 1. The van der Waals surface area contributed by atoms with E-state index in [0.29, 0.717) is 19.4 Å². The molecule has 0 spiro atoms. The lowest BCUT2D eigenvalue weighted by molar-refractivity contribution is -0.143. The quantitative estimate of drug-likeness (QED) is 0.0321. The van der Waals surface area contributed by atoms with Gasteiger partial charge in [0.15, 0.2) is 0 Å². The Morgan fingerprint density at radius 2 is 0.781 bits per heavy atom. The van der Waals surface area contributed by atoms with Crippen LogP contribution >= 0.6 is 0 Å². The number of hydrogen-bond donors (Lipinski definition) is 3. The average molecular weight is 898 g/mol. The Balaban J connectivity index is 3.54. The van der Waals surface area contributed by atoms with Gasteiger partial charge in [-0.25, -0.2) is 0 Å². The number of hydrogen-bond acceptors (Lipinski definition) is 5. The topological polar surface area (TPSA) is 95.9 Å². The van der Waals surface area contributed by atoms with Gasteiger partial charge in [-0.3, -0.25) is 9.59 Å². The van der Waals surface area contributed by atoms with E-state index >= 15 is 0 Å². The average Bonchev–Trinajstić information content (AvgIpc) is 3.29. The van der Waals surface area contributed by atoms with Gasteiger partial charge >= 0.3 is 5.97 Å². The third-order valence-corrected chi connectivity index (χ3v) is 12.6. The monoisotopic (exact) mass is 898 g/mol. The van der Waals surface area contributed by atoms with Crippen LogP contribution < -0.4 is 5.32 Å². The molecule has 0 fully saturated rings. The highest BCUT2D eigenvalue weighted by Gasteiger charge is 2.18. The smallest absolute Gasteiger partial charge is 0.305 e. The van der Waals surface area contributed by atoms with Crippen molar-refractivity contribution in [2.45, 2.75) is 296 Å². The molecule has 0 aromatic heterocycles. The Kier molecular flexibility index (Phi) is 51.6. The van der Waals surface area contributed by atoms with E-state index in [4.69, 9.17) is 4.74 Å². The van der Waals surface area contributed by atoms with Crippen LogP contribution in [0.4, 0.5) is 0 Å². The number of rotatable bonds is 51. The van der Waals surface area contributed by atoms with Gasteiger partial charge in [0.1, 0.15) is 0 Å². The molecule has 374 valence electrons. The van der Waals surface area contributed by atoms with Gasteiger partial charge < -0.3 is 20.3 Å². The summed E-state index contributed by atoms with van der Waals surface area (Å²) in [5.74, 6) is -0.110. The molecular weight excluding hydrogens is 791 g/mol. The van der Waals surface area contributed by atoms with Crippen molar-refractivity contribution in [3.8, 4) is 0 Å². The standard InChI is InChI=1S/C58H107NO5/c1-3-5-7-9-11-13-15-17-22-26-30-34-38-42-46-50-56(61)55(54-60)59-57(62)51-47-43-39-35-31-27-24-20-19-21-25-29-33-37-41-45-49-53-64-58(63)52-48-44-40-36-32-28-23-18-16-14-12-10-8-6-4-2/h18-19,21,23,29,33,46,50,55-56,60-61H,3-17,20,22,24-28,30-32,34-45,47-49,51-54H2,1-2H3,(H,59,62)/b21-19-,23-18-,33-29-,50-46+. The molecule has 0 radical (unpaired) electrons. The maximum absolute atomic E-state index is 12.4. The molecule has 1 amide bonds. The Labute approximate surface area is 397 Å². The first-order valence-corrected chi connectivity index (χ1v) is 27.9. The van der Waals surface area contributed by atoms with E-state index in [1.807, 2.05) is 6.08 Å². The van der Waals surface area contributed by atoms with Crippen molar-refractivity contribution >= 4 is 11.9 Å². The van der Waals surface area contributed by atoms with E-state index in [0.717, 1.165) is 83.5 Å². The van der Waals surface area contributed by atoms with Crippen molar-refractivity contribution in [2.24, 2.45) is 0 Å². The Hall–Kier alpha value is -2.18. The van der Waals surface area contributed by atoms with Crippen LogP contribution in [0.2, 0.25) is 0 Å². The third kappa shape index (κ3) is 49.3. The van der Waals surface area contributed by atoms with Crippen molar-refractivity contribution in [1.29, 1.82) is 0 Å².